The van der Waals surface area contributed by atoms with Crippen LogP contribution in [0, 0.1) is 11.3 Å². The molecule has 0 aromatic heterocycles. The fraction of sp³-hybridized carbons (Fsp3) is 0.333. The molecule has 0 saturated carbocycles. The fourth-order valence-corrected chi connectivity index (χ4v) is 0.276. The highest BCUT2D eigenvalue weighted by molar-refractivity contribution is 5.72. The molecule has 0 fully saturated rings. The smallest absolute Gasteiger partial charge is 0.117 e. The van der Waals surface area contributed by atoms with Crippen molar-refractivity contribution in [2.24, 2.45) is 10.7 Å². The lowest BCUT2D eigenvalue weighted by atomic mass is 10.4. The highest BCUT2D eigenvalue weighted by Gasteiger charge is 1.76. The number of nitrogens with two attached hydrogens (primary N) is 1. The third kappa shape index (κ3) is 4.56. The van der Waals surface area contributed by atoms with Crippen LogP contribution in [0.5, 0.6) is 0 Å². The van der Waals surface area contributed by atoms with Gasteiger partial charge in [0.15, 0.2) is 0 Å². The van der Waals surface area contributed by atoms with Crippen molar-refractivity contribution >= 4 is 6.21 Å². The molecule has 0 saturated heterocycles. The molecule has 0 rings (SSSR count). The molecule has 0 aliphatic rings. The van der Waals surface area contributed by atoms with Crippen molar-refractivity contribution in [2.45, 2.75) is 6.92 Å². The van der Waals surface area contributed by atoms with Crippen LogP contribution in [0.15, 0.2) is 16.8 Å². The van der Waals surface area contributed by atoms with Gasteiger partial charge in [-0.25, -0.2) is 0 Å². The summed E-state index contributed by atoms with van der Waals surface area (Å²) in [6.45, 7) is 2.63. The molecule has 0 amide bonds. The molecule has 9 heavy (non-hydrogen) atoms. The van der Waals surface area contributed by atoms with E-state index in [4.69, 9.17) is 11.0 Å². The zero-order valence-corrected chi connectivity index (χ0v) is 5.33. The van der Waals surface area contributed by atoms with E-state index in [0.29, 0.717) is 0 Å². The Morgan fingerprint density at radius 1 is 1.89 bits per heavy atom. The van der Waals surface area contributed by atoms with Crippen LogP contribution in [0.4, 0.5) is 0 Å². The molecular formula is C6H9N3. The average Bonchev–Trinajstić information content (AvgIpc) is 1.89. The maximum atomic E-state index is 8.13. The predicted octanol–water partition coefficient (Wildman–Crippen LogP) is 0.443. The van der Waals surface area contributed by atoms with Gasteiger partial charge < -0.3 is 5.73 Å². The lowest BCUT2D eigenvalue weighted by Gasteiger charge is -1.78. The SMILES string of the molecule is CCN=C/C=C(\N)C#N. The summed E-state index contributed by atoms with van der Waals surface area (Å²) < 4.78 is 0. The van der Waals surface area contributed by atoms with Crippen LogP contribution in [-0.2, 0) is 0 Å². The maximum Gasteiger partial charge on any atom is 0.117 e. The summed E-state index contributed by atoms with van der Waals surface area (Å²) in [5, 5.41) is 8.13. The first kappa shape index (κ1) is 7.70. The van der Waals surface area contributed by atoms with Crippen LogP contribution in [0.25, 0.3) is 0 Å². The minimum absolute atomic E-state index is 0.187. The van der Waals surface area contributed by atoms with Crippen LogP contribution in [0.2, 0.25) is 0 Å². The zero-order chi connectivity index (χ0) is 7.11. The normalized spacial score (nSPS) is 11.8. The van der Waals surface area contributed by atoms with E-state index in [-0.39, 0.29) is 5.70 Å². The molecule has 0 heterocycles. The maximum absolute atomic E-state index is 8.13. The fourth-order valence-electron chi connectivity index (χ4n) is 0.276. The van der Waals surface area contributed by atoms with E-state index in [1.54, 1.807) is 6.07 Å². The Bertz CT molecular complexity index is 162. The molecule has 0 bridgehead atoms. The minimum atomic E-state index is 0.187. The monoisotopic (exact) mass is 123 g/mol. The second kappa shape index (κ2) is 4.85. The van der Waals surface area contributed by atoms with Gasteiger partial charge in [-0.3, -0.25) is 4.99 Å². The van der Waals surface area contributed by atoms with Gasteiger partial charge in [-0.2, -0.15) is 5.26 Å². The largest absolute Gasteiger partial charge is 0.390 e. The number of aliphatic imine (C=N–C) groups is 1. The Morgan fingerprint density at radius 2 is 2.56 bits per heavy atom. The summed E-state index contributed by atoms with van der Waals surface area (Å²) in [6.07, 6.45) is 3.00. The van der Waals surface area contributed by atoms with Crippen molar-refractivity contribution in [1.29, 1.82) is 5.26 Å². The summed E-state index contributed by atoms with van der Waals surface area (Å²) in [5.41, 5.74) is 5.31. The lowest BCUT2D eigenvalue weighted by Crippen LogP contribution is -1.92. The first-order valence-corrected chi connectivity index (χ1v) is 2.67. The Balaban J connectivity index is 3.72. The number of rotatable bonds is 2. The van der Waals surface area contributed by atoms with E-state index >= 15 is 0 Å². The molecule has 0 spiro atoms. The van der Waals surface area contributed by atoms with Crippen molar-refractivity contribution < 1.29 is 0 Å². The Kier molecular flexibility index (Phi) is 4.15. The van der Waals surface area contributed by atoms with Gasteiger partial charge in [0, 0.05) is 12.8 Å². The van der Waals surface area contributed by atoms with Gasteiger partial charge >= 0.3 is 0 Å². The molecule has 48 valence electrons. The molecule has 0 radical (unpaired) electrons. The second-order valence-corrected chi connectivity index (χ2v) is 1.38. The van der Waals surface area contributed by atoms with Gasteiger partial charge in [-0.05, 0) is 13.0 Å². The quantitative estimate of drug-likeness (QED) is 0.428. The van der Waals surface area contributed by atoms with E-state index in [0.717, 1.165) is 6.54 Å². The van der Waals surface area contributed by atoms with E-state index in [1.165, 1.54) is 12.3 Å². The summed E-state index contributed by atoms with van der Waals surface area (Å²) in [7, 11) is 0. The van der Waals surface area contributed by atoms with Crippen LogP contribution in [0.1, 0.15) is 6.92 Å². The molecule has 0 aliphatic heterocycles. The van der Waals surface area contributed by atoms with Gasteiger partial charge in [-0.15, -0.1) is 0 Å². The summed E-state index contributed by atoms with van der Waals surface area (Å²) in [6, 6.07) is 1.77. The molecule has 3 heteroatoms. The van der Waals surface area contributed by atoms with E-state index in [2.05, 4.69) is 4.99 Å². The van der Waals surface area contributed by atoms with Gasteiger partial charge in [-0.1, -0.05) is 0 Å². The predicted molar refractivity (Wildman–Crippen MR) is 36.9 cm³/mol. The Labute approximate surface area is 54.5 Å². The van der Waals surface area contributed by atoms with Crippen LogP contribution in [0.3, 0.4) is 0 Å². The van der Waals surface area contributed by atoms with Crippen molar-refractivity contribution in [2.75, 3.05) is 6.54 Å². The third-order valence-electron chi connectivity index (χ3n) is 0.671. The van der Waals surface area contributed by atoms with Gasteiger partial charge in [0.1, 0.15) is 11.8 Å². The third-order valence-corrected chi connectivity index (χ3v) is 0.671. The molecule has 0 atom stereocenters. The molecule has 0 aromatic carbocycles. The van der Waals surface area contributed by atoms with E-state index in [1.807, 2.05) is 6.92 Å². The summed E-state index contributed by atoms with van der Waals surface area (Å²) in [5.74, 6) is 0. The molecule has 2 N–H and O–H groups in total. The van der Waals surface area contributed by atoms with Crippen LogP contribution in [-0.4, -0.2) is 12.8 Å². The van der Waals surface area contributed by atoms with Gasteiger partial charge in [0.2, 0.25) is 0 Å². The number of nitrogens with zero attached hydrogens (tertiary/aromatic N) is 2. The van der Waals surface area contributed by atoms with E-state index < -0.39 is 0 Å². The molecule has 0 unspecified atom stereocenters. The number of allylic oxidation sites excluding steroid dienone is 2. The summed E-state index contributed by atoms with van der Waals surface area (Å²) in [4.78, 5) is 3.83. The van der Waals surface area contributed by atoms with Crippen LogP contribution < -0.4 is 5.73 Å². The Morgan fingerprint density at radius 3 is 3.00 bits per heavy atom. The highest BCUT2D eigenvalue weighted by Crippen LogP contribution is 1.75. The lowest BCUT2D eigenvalue weighted by molar-refractivity contribution is 1.14. The molecule has 0 aromatic rings. The first-order chi connectivity index (χ1) is 4.31. The average molecular weight is 123 g/mol. The van der Waals surface area contributed by atoms with Crippen molar-refractivity contribution in [3.8, 4) is 6.07 Å². The standard InChI is InChI=1S/C6H9N3/c1-2-9-4-3-6(8)5-7/h3-4H,2,8H2,1H3/b6-3-,9-4?. The van der Waals surface area contributed by atoms with Crippen molar-refractivity contribution in [3.05, 3.63) is 11.8 Å². The molecular weight excluding hydrogens is 114 g/mol. The van der Waals surface area contributed by atoms with Crippen molar-refractivity contribution in [1.82, 2.24) is 0 Å². The second-order valence-electron chi connectivity index (χ2n) is 1.38. The first-order valence-electron chi connectivity index (χ1n) is 2.67. The Hall–Kier alpha value is -1.30. The summed E-state index contributed by atoms with van der Waals surface area (Å²) >= 11 is 0. The van der Waals surface area contributed by atoms with Crippen LogP contribution >= 0.6 is 0 Å². The minimum Gasteiger partial charge on any atom is -0.390 e. The zero-order valence-electron chi connectivity index (χ0n) is 5.33. The number of nitriles is 1. The molecule has 0 aliphatic carbocycles. The molecule has 3 nitrogen and oxygen atoms in total. The highest BCUT2D eigenvalue weighted by atomic mass is 14.7. The van der Waals surface area contributed by atoms with Crippen molar-refractivity contribution in [3.63, 3.8) is 0 Å². The topological polar surface area (TPSA) is 62.2 Å². The number of hydrogen-bond acceptors (Lipinski definition) is 3. The number of hydrogen-bond donors (Lipinski definition) is 1. The van der Waals surface area contributed by atoms with Gasteiger partial charge in [0.25, 0.3) is 0 Å². The van der Waals surface area contributed by atoms with Gasteiger partial charge in [0.05, 0.1) is 0 Å². The van der Waals surface area contributed by atoms with E-state index in [9.17, 15) is 0 Å².